The molecule has 0 heterocycles. The van der Waals surface area contributed by atoms with Gasteiger partial charge in [0.2, 0.25) is 0 Å². The Morgan fingerprint density at radius 3 is 2.20 bits per heavy atom. The lowest BCUT2D eigenvalue weighted by atomic mass is 10.0. The minimum atomic E-state index is -1.27. The standard InChI is InChI=1S/C18H18O7/c1-3-4-10-6-12(8-14(21)16(10)17(22)23)25-18(24)15-9(2)5-11(19)7-13(15)20/h5-8,19-21H,3-4H2,1-2H3,(H,22,23). The summed E-state index contributed by atoms with van der Waals surface area (Å²) in [5.41, 5.74) is 0.286. The topological polar surface area (TPSA) is 124 Å². The molecule has 2 aromatic carbocycles. The number of carboxylic acid groups (broad SMARTS) is 1. The van der Waals surface area contributed by atoms with E-state index in [-0.39, 0.29) is 22.6 Å². The Labute approximate surface area is 143 Å². The molecule has 0 bridgehead atoms. The second-order valence-electron chi connectivity index (χ2n) is 5.58. The van der Waals surface area contributed by atoms with Crippen molar-refractivity contribution in [2.24, 2.45) is 0 Å². The van der Waals surface area contributed by atoms with E-state index in [9.17, 15) is 30.0 Å². The van der Waals surface area contributed by atoms with Gasteiger partial charge in [-0.05, 0) is 36.6 Å². The number of aryl methyl sites for hydroxylation is 2. The minimum Gasteiger partial charge on any atom is -0.508 e. The summed E-state index contributed by atoms with van der Waals surface area (Å²) in [6, 6.07) is 4.71. The maximum Gasteiger partial charge on any atom is 0.347 e. The maximum atomic E-state index is 12.3. The summed E-state index contributed by atoms with van der Waals surface area (Å²) in [6.45, 7) is 3.36. The third kappa shape index (κ3) is 3.82. The fourth-order valence-corrected chi connectivity index (χ4v) is 2.60. The van der Waals surface area contributed by atoms with E-state index in [1.54, 1.807) is 0 Å². The molecule has 0 aromatic heterocycles. The normalized spacial score (nSPS) is 10.5. The van der Waals surface area contributed by atoms with E-state index in [1.165, 1.54) is 19.1 Å². The molecule has 0 spiro atoms. The van der Waals surface area contributed by atoms with Crippen LogP contribution in [0.1, 0.15) is 45.2 Å². The highest BCUT2D eigenvalue weighted by atomic mass is 16.5. The van der Waals surface area contributed by atoms with E-state index in [2.05, 4.69) is 0 Å². The van der Waals surface area contributed by atoms with Gasteiger partial charge >= 0.3 is 11.9 Å². The van der Waals surface area contributed by atoms with E-state index < -0.39 is 23.4 Å². The molecule has 0 fully saturated rings. The Bertz CT molecular complexity index is 817. The lowest BCUT2D eigenvalue weighted by Gasteiger charge is -2.12. The van der Waals surface area contributed by atoms with Gasteiger partial charge in [0.25, 0.3) is 0 Å². The number of carbonyl (C=O) groups excluding carboxylic acids is 1. The first-order chi connectivity index (χ1) is 11.7. The average Bonchev–Trinajstić information content (AvgIpc) is 2.45. The maximum absolute atomic E-state index is 12.3. The second kappa shape index (κ2) is 7.12. The predicted molar refractivity (Wildman–Crippen MR) is 88.5 cm³/mol. The van der Waals surface area contributed by atoms with Gasteiger partial charge in [0.15, 0.2) is 0 Å². The van der Waals surface area contributed by atoms with Gasteiger partial charge in [0, 0.05) is 12.1 Å². The van der Waals surface area contributed by atoms with Crippen molar-refractivity contribution in [2.45, 2.75) is 26.7 Å². The highest BCUT2D eigenvalue weighted by Crippen LogP contribution is 2.31. The Morgan fingerprint density at radius 2 is 1.64 bits per heavy atom. The molecule has 25 heavy (non-hydrogen) atoms. The average molecular weight is 346 g/mol. The van der Waals surface area contributed by atoms with E-state index in [0.717, 1.165) is 12.1 Å². The smallest absolute Gasteiger partial charge is 0.347 e. The molecule has 7 heteroatoms. The summed E-state index contributed by atoms with van der Waals surface area (Å²) in [7, 11) is 0. The Morgan fingerprint density at radius 1 is 1.00 bits per heavy atom. The van der Waals surface area contributed by atoms with Crippen LogP contribution >= 0.6 is 0 Å². The highest BCUT2D eigenvalue weighted by Gasteiger charge is 2.21. The molecule has 132 valence electrons. The number of carboxylic acids is 1. The molecule has 0 aliphatic rings. The Balaban J connectivity index is 2.41. The van der Waals surface area contributed by atoms with Crippen molar-refractivity contribution in [1.29, 1.82) is 0 Å². The molecule has 2 rings (SSSR count). The fraction of sp³-hybridized carbons (Fsp3) is 0.222. The summed E-state index contributed by atoms with van der Waals surface area (Å²) in [5, 5.41) is 38.4. The number of esters is 1. The monoisotopic (exact) mass is 346 g/mol. The molecule has 0 unspecified atom stereocenters. The first-order valence-electron chi connectivity index (χ1n) is 7.58. The van der Waals surface area contributed by atoms with Crippen molar-refractivity contribution in [3.05, 3.63) is 46.5 Å². The van der Waals surface area contributed by atoms with Crippen molar-refractivity contribution in [2.75, 3.05) is 0 Å². The van der Waals surface area contributed by atoms with Crippen LogP contribution in [0, 0.1) is 6.92 Å². The van der Waals surface area contributed by atoms with Crippen LogP contribution < -0.4 is 4.74 Å². The predicted octanol–water partition coefficient (Wildman–Crippen LogP) is 2.98. The third-order valence-electron chi connectivity index (χ3n) is 3.62. The molecule has 0 radical (unpaired) electrons. The molecule has 4 N–H and O–H groups in total. The number of phenolic OH excluding ortho intramolecular Hbond substituents is 2. The summed E-state index contributed by atoms with van der Waals surface area (Å²) >= 11 is 0. The van der Waals surface area contributed by atoms with Crippen molar-refractivity contribution < 1.29 is 34.8 Å². The van der Waals surface area contributed by atoms with Crippen LogP contribution in [-0.2, 0) is 6.42 Å². The van der Waals surface area contributed by atoms with Crippen LogP contribution in [0.15, 0.2) is 24.3 Å². The molecule has 2 aromatic rings. The van der Waals surface area contributed by atoms with Gasteiger partial charge in [-0.1, -0.05) is 13.3 Å². The number of aromatic carboxylic acids is 1. The third-order valence-corrected chi connectivity index (χ3v) is 3.62. The summed E-state index contributed by atoms with van der Waals surface area (Å²) < 4.78 is 5.17. The summed E-state index contributed by atoms with van der Waals surface area (Å²) in [6.07, 6.45) is 1.01. The van der Waals surface area contributed by atoms with Gasteiger partial charge in [0.05, 0.1) is 0 Å². The Kier molecular flexibility index (Phi) is 5.17. The minimum absolute atomic E-state index is 0.0391. The molecule has 0 saturated carbocycles. The lowest BCUT2D eigenvalue weighted by molar-refractivity contribution is 0.0692. The first kappa shape index (κ1) is 18.1. The number of hydrogen-bond donors (Lipinski definition) is 4. The van der Waals surface area contributed by atoms with Gasteiger partial charge in [-0.15, -0.1) is 0 Å². The molecular formula is C18H18O7. The zero-order valence-electron chi connectivity index (χ0n) is 13.7. The molecule has 0 saturated heterocycles. The van der Waals surface area contributed by atoms with E-state index in [1.807, 2.05) is 6.92 Å². The van der Waals surface area contributed by atoms with E-state index >= 15 is 0 Å². The molecule has 0 aliphatic heterocycles. The number of ether oxygens (including phenoxy) is 1. The van der Waals surface area contributed by atoms with Crippen LogP contribution in [0.25, 0.3) is 0 Å². The summed E-state index contributed by atoms with van der Waals surface area (Å²) in [4.78, 5) is 23.6. The Hall–Kier alpha value is -3.22. The van der Waals surface area contributed by atoms with Crippen LogP contribution in [0.4, 0.5) is 0 Å². The van der Waals surface area contributed by atoms with Crippen molar-refractivity contribution in [3.8, 4) is 23.0 Å². The zero-order valence-corrected chi connectivity index (χ0v) is 13.7. The van der Waals surface area contributed by atoms with Crippen LogP contribution in [0.5, 0.6) is 23.0 Å². The van der Waals surface area contributed by atoms with Gasteiger partial charge in [0.1, 0.15) is 34.1 Å². The molecule has 7 nitrogen and oxygen atoms in total. The molecule has 0 atom stereocenters. The highest BCUT2D eigenvalue weighted by molar-refractivity contribution is 5.96. The number of hydrogen-bond acceptors (Lipinski definition) is 6. The largest absolute Gasteiger partial charge is 0.508 e. The van der Waals surface area contributed by atoms with Crippen LogP contribution in [-0.4, -0.2) is 32.4 Å². The number of rotatable bonds is 5. The number of aromatic hydroxyl groups is 3. The van der Waals surface area contributed by atoms with Crippen molar-refractivity contribution >= 4 is 11.9 Å². The lowest BCUT2D eigenvalue weighted by Crippen LogP contribution is -2.12. The second-order valence-corrected chi connectivity index (χ2v) is 5.58. The molecule has 0 amide bonds. The zero-order chi connectivity index (χ0) is 18.7. The van der Waals surface area contributed by atoms with Crippen molar-refractivity contribution in [1.82, 2.24) is 0 Å². The molecular weight excluding hydrogens is 328 g/mol. The van der Waals surface area contributed by atoms with Gasteiger partial charge in [-0.3, -0.25) is 0 Å². The van der Waals surface area contributed by atoms with Gasteiger partial charge < -0.3 is 25.2 Å². The van der Waals surface area contributed by atoms with E-state index in [0.29, 0.717) is 24.0 Å². The quantitative estimate of drug-likeness (QED) is 0.484. The van der Waals surface area contributed by atoms with Gasteiger partial charge in [-0.2, -0.15) is 0 Å². The first-order valence-corrected chi connectivity index (χ1v) is 7.58. The fourth-order valence-electron chi connectivity index (χ4n) is 2.60. The molecule has 0 aliphatic carbocycles. The van der Waals surface area contributed by atoms with Crippen LogP contribution in [0.2, 0.25) is 0 Å². The van der Waals surface area contributed by atoms with Crippen LogP contribution in [0.3, 0.4) is 0 Å². The number of benzene rings is 2. The van der Waals surface area contributed by atoms with E-state index in [4.69, 9.17) is 4.74 Å². The van der Waals surface area contributed by atoms with Gasteiger partial charge in [-0.25, -0.2) is 9.59 Å². The summed E-state index contributed by atoms with van der Waals surface area (Å²) in [5.74, 6) is -3.34. The number of carbonyl (C=O) groups is 2. The number of phenols is 3. The SMILES string of the molecule is CCCc1cc(OC(=O)c2c(C)cc(O)cc2O)cc(O)c1C(=O)O. The van der Waals surface area contributed by atoms with Crippen molar-refractivity contribution in [3.63, 3.8) is 0 Å².